The molecule has 31 heavy (non-hydrogen) atoms. The molecule has 7 nitrogen and oxygen atoms in total. The summed E-state index contributed by atoms with van der Waals surface area (Å²) >= 11 is 1.35. The second kappa shape index (κ2) is 10.5. The first-order valence-corrected chi connectivity index (χ1v) is 10.8. The van der Waals surface area contributed by atoms with Crippen LogP contribution in [0, 0.1) is 0 Å². The number of anilines is 1. The van der Waals surface area contributed by atoms with E-state index in [-0.39, 0.29) is 5.91 Å². The van der Waals surface area contributed by atoms with Crippen molar-refractivity contribution in [1.29, 1.82) is 0 Å². The summed E-state index contributed by atoms with van der Waals surface area (Å²) in [6.07, 6.45) is 6.11. The van der Waals surface area contributed by atoms with Crippen molar-refractivity contribution in [2.24, 2.45) is 0 Å². The molecule has 0 unspecified atom stereocenters. The smallest absolute Gasteiger partial charge is 0.222 e. The minimum atomic E-state index is -0.0183. The van der Waals surface area contributed by atoms with Crippen molar-refractivity contribution in [1.82, 2.24) is 19.7 Å². The second-order valence-electron chi connectivity index (χ2n) is 7.04. The second-order valence-corrected chi connectivity index (χ2v) is 7.77. The molecule has 0 saturated heterocycles. The van der Waals surface area contributed by atoms with Gasteiger partial charge in [0.05, 0.1) is 12.8 Å². The van der Waals surface area contributed by atoms with Gasteiger partial charge in [-0.25, -0.2) is 4.98 Å². The fourth-order valence-electron chi connectivity index (χ4n) is 3.08. The SMILES string of the molecule is O=C(CCN(Cc1ccco1)c1nc(Cc2ccccc2)ns1)NCc1ccncc1. The molecule has 0 aliphatic heterocycles. The first kappa shape index (κ1) is 20.7. The molecule has 1 N–H and O–H groups in total. The van der Waals surface area contributed by atoms with Gasteiger partial charge in [0.1, 0.15) is 11.6 Å². The molecular formula is C23H23N5O2S. The Morgan fingerprint density at radius 2 is 1.87 bits per heavy atom. The molecule has 1 amide bonds. The lowest BCUT2D eigenvalue weighted by Gasteiger charge is -2.20. The molecule has 3 aromatic heterocycles. The summed E-state index contributed by atoms with van der Waals surface area (Å²) in [5.74, 6) is 1.57. The highest BCUT2D eigenvalue weighted by molar-refractivity contribution is 7.09. The zero-order chi connectivity index (χ0) is 21.3. The number of furan rings is 1. The Balaban J connectivity index is 1.38. The van der Waals surface area contributed by atoms with Gasteiger partial charge in [0, 0.05) is 49.9 Å². The summed E-state index contributed by atoms with van der Waals surface area (Å²) < 4.78 is 10.0. The van der Waals surface area contributed by atoms with E-state index in [4.69, 9.17) is 9.40 Å². The maximum atomic E-state index is 12.4. The van der Waals surface area contributed by atoms with Gasteiger partial charge in [0.2, 0.25) is 11.0 Å². The Labute approximate surface area is 184 Å². The quantitative estimate of drug-likeness (QED) is 0.409. The van der Waals surface area contributed by atoms with E-state index in [1.54, 1.807) is 18.7 Å². The van der Waals surface area contributed by atoms with E-state index in [1.165, 1.54) is 17.1 Å². The van der Waals surface area contributed by atoms with Gasteiger partial charge in [-0.1, -0.05) is 30.3 Å². The third-order valence-electron chi connectivity index (χ3n) is 4.71. The summed E-state index contributed by atoms with van der Waals surface area (Å²) in [7, 11) is 0. The molecule has 0 saturated carbocycles. The molecule has 0 atom stereocenters. The number of carbonyl (C=O) groups excluding carboxylic acids is 1. The first-order chi connectivity index (χ1) is 15.3. The molecule has 0 spiro atoms. The standard InChI is InChI=1S/C23H23N5O2S/c29-22(25-16-19-8-11-24-12-9-19)10-13-28(17-20-7-4-14-30-20)23-26-21(27-31-23)15-18-5-2-1-3-6-18/h1-9,11-12,14H,10,13,15-17H2,(H,25,29). The van der Waals surface area contributed by atoms with Crippen LogP contribution in [0.1, 0.15) is 29.1 Å². The topological polar surface area (TPSA) is 84.2 Å². The average Bonchev–Trinajstić information content (AvgIpc) is 3.49. The maximum Gasteiger partial charge on any atom is 0.222 e. The molecular weight excluding hydrogens is 410 g/mol. The third-order valence-corrected chi connectivity index (χ3v) is 5.52. The zero-order valence-electron chi connectivity index (χ0n) is 17.0. The normalized spacial score (nSPS) is 10.7. The van der Waals surface area contributed by atoms with E-state index in [1.807, 2.05) is 47.4 Å². The molecule has 3 heterocycles. The van der Waals surface area contributed by atoms with Gasteiger partial charge in [-0.15, -0.1) is 0 Å². The Hall–Kier alpha value is -3.52. The van der Waals surface area contributed by atoms with Gasteiger partial charge in [-0.3, -0.25) is 9.78 Å². The van der Waals surface area contributed by atoms with Crippen LogP contribution < -0.4 is 10.2 Å². The average molecular weight is 434 g/mol. The predicted molar refractivity (Wildman–Crippen MR) is 120 cm³/mol. The molecule has 0 aliphatic carbocycles. The largest absolute Gasteiger partial charge is 0.467 e. The zero-order valence-corrected chi connectivity index (χ0v) is 17.8. The van der Waals surface area contributed by atoms with Crippen LogP contribution in [0.5, 0.6) is 0 Å². The minimum absolute atomic E-state index is 0.0183. The number of nitrogens with zero attached hydrogens (tertiary/aromatic N) is 4. The molecule has 0 aliphatic rings. The van der Waals surface area contributed by atoms with E-state index in [0.717, 1.165) is 22.3 Å². The summed E-state index contributed by atoms with van der Waals surface area (Å²) in [5, 5.41) is 3.73. The Morgan fingerprint density at radius 1 is 1.03 bits per heavy atom. The highest BCUT2D eigenvalue weighted by Gasteiger charge is 2.16. The van der Waals surface area contributed by atoms with Crippen LogP contribution >= 0.6 is 11.5 Å². The van der Waals surface area contributed by atoms with Crippen molar-refractivity contribution < 1.29 is 9.21 Å². The lowest BCUT2D eigenvalue weighted by molar-refractivity contribution is -0.121. The summed E-state index contributed by atoms with van der Waals surface area (Å²) in [6.45, 7) is 1.53. The number of amides is 1. The number of hydrogen-bond donors (Lipinski definition) is 1. The fourth-order valence-corrected chi connectivity index (χ4v) is 3.79. The highest BCUT2D eigenvalue weighted by atomic mass is 32.1. The van der Waals surface area contributed by atoms with Crippen molar-refractivity contribution >= 4 is 22.6 Å². The molecule has 158 valence electrons. The van der Waals surface area contributed by atoms with Crippen molar-refractivity contribution in [3.63, 3.8) is 0 Å². The molecule has 0 bridgehead atoms. The summed E-state index contributed by atoms with van der Waals surface area (Å²) in [5.41, 5.74) is 2.19. The Bertz CT molecular complexity index is 1070. The number of hydrogen-bond acceptors (Lipinski definition) is 7. The number of nitrogens with one attached hydrogen (secondary N) is 1. The van der Waals surface area contributed by atoms with Gasteiger partial charge in [0.25, 0.3) is 0 Å². The van der Waals surface area contributed by atoms with E-state index < -0.39 is 0 Å². The molecule has 4 aromatic rings. The van der Waals surface area contributed by atoms with Crippen LogP contribution in [0.15, 0.2) is 77.7 Å². The number of benzene rings is 1. The Kier molecular flexibility index (Phi) is 7.02. The van der Waals surface area contributed by atoms with Crippen molar-refractivity contribution in [2.45, 2.75) is 25.9 Å². The van der Waals surface area contributed by atoms with E-state index in [9.17, 15) is 4.79 Å². The van der Waals surface area contributed by atoms with Gasteiger partial charge in [-0.05, 0) is 35.4 Å². The maximum absolute atomic E-state index is 12.4. The number of rotatable bonds is 10. The van der Waals surface area contributed by atoms with Crippen LogP contribution in [0.2, 0.25) is 0 Å². The van der Waals surface area contributed by atoms with E-state index in [0.29, 0.717) is 32.5 Å². The predicted octanol–water partition coefficient (Wildman–Crippen LogP) is 3.83. The Morgan fingerprint density at radius 3 is 2.65 bits per heavy atom. The van der Waals surface area contributed by atoms with Crippen molar-refractivity contribution in [3.05, 3.63) is 96.0 Å². The van der Waals surface area contributed by atoms with E-state index >= 15 is 0 Å². The van der Waals surface area contributed by atoms with Crippen LogP contribution in [0.3, 0.4) is 0 Å². The van der Waals surface area contributed by atoms with Gasteiger partial charge in [-0.2, -0.15) is 4.37 Å². The lowest BCUT2D eigenvalue weighted by atomic mass is 10.1. The first-order valence-electron chi connectivity index (χ1n) is 10.1. The highest BCUT2D eigenvalue weighted by Crippen LogP contribution is 2.22. The van der Waals surface area contributed by atoms with Gasteiger partial charge >= 0.3 is 0 Å². The van der Waals surface area contributed by atoms with Crippen LogP contribution in [-0.4, -0.2) is 26.8 Å². The van der Waals surface area contributed by atoms with Crippen LogP contribution in [0.25, 0.3) is 0 Å². The van der Waals surface area contributed by atoms with Crippen LogP contribution in [0.4, 0.5) is 5.13 Å². The third kappa shape index (κ3) is 6.23. The molecule has 1 aromatic carbocycles. The number of pyridine rings is 1. The van der Waals surface area contributed by atoms with E-state index in [2.05, 4.69) is 26.8 Å². The van der Waals surface area contributed by atoms with Crippen molar-refractivity contribution in [3.8, 4) is 0 Å². The lowest BCUT2D eigenvalue weighted by Crippen LogP contribution is -2.30. The summed E-state index contributed by atoms with van der Waals surface area (Å²) in [6, 6.07) is 17.7. The number of aromatic nitrogens is 3. The summed E-state index contributed by atoms with van der Waals surface area (Å²) in [4.78, 5) is 23.1. The molecule has 0 radical (unpaired) electrons. The molecule has 4 rings (SSSR count). The van der Waals surface area contributed by atoms with Crippen LogP contribution in [-0.2, 0) is 24.3 Å². The minimum Gasteiger partial charge on any atom is -0.467 e. The van der Waals surface area contributed by atoms with Gasteiger partial charge < -0.3 is 14.6 Å². The van der Waals surface area contributed by atoms with Gasteiger partial charge in [0.15, 0.2) is 0 Å². The molecule has 0 fully saturated rings. The van der Waals surface area contributed by atoms with Crippen molar-refractivity contribution in [2.75, 3.05) is 11.4 Å². The number of carbonyl (C=O) groups is 1. The molecule has 8 heteroatoms. The monoisotopic (exact) mass is 433 g/mol. The fraction of sp³-hybridized carbons (Fsp3) is 0.217.